The molecule has 3 heteroatoms. The van der Waals surface area contributed by atoms with Crippen molar-refractivity contribution in [3.05, 3.63) is 35.9 Å². The lowest BCUT2D eigenvalue weighted by atomic mass is 9.63. The van der Waals surface area contributed by atoms with Gasteiger partial charge in [-0.05, 0) is 36.2 Å². The Labute approximate surface area is 127 Å². The Hall–Kier alpha value is -1.64. The van der Waals surface area contributed by atoms with Crippen LogP contribution in [0.2, 0.25) is 0 Å². The van der Waals surface area contributed by atoms with Gasteiger partial charge in [0.25, 0.3) is 0 Å². The van der Waals surface area contributed by atoms with Gasteiger partial charge in [0.15, 0.2) is 0 Å². The van der Waals surface area contributed by atoms with E-state index in [0.29, 0.717) is 12.3 Å². The van der Waals surface area contributed by atoms with Crippen molar-refractivity contribution in [3.63, 3.8) is 0 Å². The van der Waals surface area contributed by atoms with Gasteiger partial charge in [-0.3, -0.25) is 14.9 Å². The molecule has 1 aromatic rings. The highest BCUT2D eigenvalue weighted by Crippen LogP contribution is 2.44. The number of piperidine rings is 1. The molecule has 2 rings (SSSR count). The Balaban J connectivity index is 2.34. The molecule has 2 atom stereocenters. The first-order valence-electron chi connectivity index (χ1n) is 7.84. The van der Waals surface area contributed by atoms with Gasteiger partial charge >= 0.3 is 0 Å². The molecule has 1 aliphatic rings. The lowest BCUT2D eigenvalue weighted by Crippen LogP contribution is -2.53. The van der Waals surface area contributed by atoms with Crippen molar-refractivity contribution in [2.45, 2.75) is 46.5 Å². The SMILES string of the molecule is CCC1(Cc2ccccc2)CC(=O)NC(=O)C1CC(C)C. The van der Waals surface area contributed by atoms with E-state index in [1.54, 1.807) is 0 Å². The minimum Gasteiger partial charge on any atom is -0.296 e. The lowest BCUT2D eigenvalue weighted by Gasteiger charge is -2.43. The molecule has 114 valence electrons. The van der Waals surface area contributed by atoms with Gasteiger partial charge in [-0.15, -0.1) is 0 Å². The molecule has 0 radical (unpaired) electrons. The van der Waals surface area contributed by atoms with E-state index >= 15 is 0 Å². The van der Waals surface area contributed by atoms with Crippen LogP contribution in [-0.2, 0) is 16.0 Å². The number of hydrogen-bond donors (Lipinski definition) is 1. The van der Waals surface area contributed by atoms with Crippen LogP contribution in [0.3, 0.4) is 0 Å². The fourth-order valence-electron chi connectivity index (χ4n) is 3.50. The highest BCUT2D eigenvalue weighted by Gasteiger charge is 2.47. The first-order valence-corrected chi connectivity index (χ1v) is 7.84. The molecule has 1 heterocycles. The number of hydrogen-bond acceptors (Lipinski definition) is 2. The van der Waals surface area contributed by atoms with Crippen molar-refractivity contribution < 1.29 is 9.59 Å². The Bertz CT molecular complexity index is 509. The fourth-order valence-corrected chi connectivity index (χ4v) is 3.50. The number of amides is 2. The van der Waals surface area contributed by atoms with Crippen LogP contribution in [0.15, 0.2) is 30.3 Å². The molecule has 0 aliphatic carbocycles. The molecule has 1 aliphatic heterocycles. The van der Waals surface area contributed by atoms with Gasteiger partial charge in [-0.1, -0.05) is 51.1 Å². The van der Waals surface area contributed by atoms with Crippen molar-refractivity contribution in [2.75, 3.05) is 0 Å². The van der Waals surface area contributed by atoms with Gasteiger partial charge in [0.2, 0.25) is 11.8 Å². The zero-order valence-electron chi connectivity index (χ0n) is 13.2. The van der Waals surface area contributed by atoms with Crippen LogP contribution in [0.25, 0.3) is 0 Å². The van der Waals surface area contributed by atoms with Crippen molar-refractivity contribution in [1.29, 1.82) is 0 Å². The van der Waals surface area contributed by atoms with Crippen LogP contribution in [0, 0.1) is 17.3 Å². The maximum Gasteiger partial charge on any atom is 0.230 e. The second kappa shape index (κ2) is 6.42. The van der Waals surface area contributed by atoms with Crippen LogP contribution < -0.4 is 5.32 Å². The van der Waals surface area contributed by atoms with Crippen LogP contribution in [0.5, 0.6) is 0 Å². The highest BCUT2D eigenvalue weighted by molar-refractivity contribution is 5.99. The number of carbonyl (C=O) groups excluding carboxylic acids is 2. The summed E-state index contributed by atoms with van der Waals surface area (Å²) in [4.78, 5) is 24.3. The van der Waals surface area contributed by atoms with Gasteiger partial charge in [-0.25, -0.2) is 0 Å². The summed E-state index contributed by atoms with van der Waals surface area (Å²) in [7, 11) is 0. The lowest BCUT2D eigenvalue weighted by molar-refractivity contribution is -0.144. The minimum absolute atomic E-state index is 0.0830. The number of nitrogens with one attached hydrogen (secondary N) is 1. The monoisotopic (exact) mass is 287 g/mol. The molecule has 0 aromatic heterocycles. The maximum absolute atomic E-state index is 12.4. The third-order valence-electron chi connectivity index (χ3n) is 4.64. The summed E-state index contributed by atoms with van der Waals surface area (Å²) in [5.41, 5.74) is 0.959. The van der Waals surface area contributed by atoms with Crippen molar-refractivity contribution in [1.82, 2.24) is 5.32 Å². The molecule has 3 nitrogen and oxygen atoms in total. The van der Waals surface area contributed by atoms with Crippen LogP contribution in [0.1, 0.15) is 45.6 Å². The van der Waals surface area contributed by atoms with E-state index in [4.69, 9.17) is 0 Å². The molecule has 1 aromatic carbocycles. The fraction of sp³-hybridized carbons (Fsp3) is 0.556. The van der Waals surface area contributed by atoms with Gasteiger partial charge in [0.1, 0.15) is 0 Å². The van der Waals surface area contributed by atoms with E-state index in [1.165, 1.54) is 5.56 Å². The molecule has 0 spiro atoms. The number of rotatable bonds is 5. The zero-order chi connectivity index (χ0) is 15.5. The van der Waals surface area contributed by atoms with E-state index in [2.05, 4.69) is 38.2 Å². The summed E-state index contributed by atoms with van der Waals surface area (Å²) >= 11 is 0. The van der Waals surface area contributed by atoms with Crippen molar-refractivity contribution >= 4 is 11.8 Å². The van der Waals surface area contributed by atoms with Crippen LogP contribution in [0.4, 0.5) is 0 Å². The van der Waals surface area contributed by atoms with E-state index in [0.717, 1.165) is 19.3 Å². The predicted molar refractivity (Wildman–Crippen MR) is 83.6 cm³/mol. The minimum atomic E-state index is -0.245. The Morgan fingerprint density at radius 2 is 1.90 bits per heavy atom. The topological polar surface area (TPSA) is 46.2 Å². The second-order valence-electron chi connectivity index (χ2n) is 6.65. The summed E-state index contributed by atoms with van der Waals surface area (Å²) in [6.07, 6.45) is 2.92. The summed E-state index contributed by atoms with van der Waals surface area (Å²) in [5.74, 6) is 0.145. The van der Waals surface area contributed by atoms with E-state index in [-0.39, 0.29) is 23.1 Å². The normalized spacial score (nSPS) is 26.0. The molecule has 2 unspecified atom stereocenters. The number of benzene rings is 1. The Kier molecular flexibility index (Phi) is 4.81. The van der Waals surface area contributed by atoms with Gasteiger partial charge in [0.05, 0.1) is 0 Å². The summed E-state index contributed by atoms with van der Waals surface area (Å²) in [6.45, 7) is 6.36. The maximum atomic E-state index is 12.4. The van der Waals surface area contributed by atoms with Gasteiger partial charge in [0, 0.05) is 12.3 Å². The first-order chi connectivity index (χ1) is 9.97. The highest BCUT2D eigenvalue weighted by atomic mass is 16.2. The summed E-state index contributed by atoms with van der Waals surface area (Å²) in [6, 6.07) is 10.2. The van der Waals surface area contributed by atoms with E-state index < -0.39 is 0 Å². The molecule has 1 fully saturated rings. The number of imide groups is 1. The van der Waals surface area contributed by atoms with Crippen LogP contribution >= 0.6 is 0 Å². The second-order valence-corrected chi connectivity index (χ2v) is 6.65. The molecule has 1 saturated heterocycles. The first kappa shape index (κ1) is 15.7. The molecule has 1 N–H and O–H groups in total. The standard InChI is InChI=1S/C18H25NO2/c1-4-18(11-14-8-6-5-7-9-14)12-16(20)19-17(21)15(18)10-13(2)3/h5-9,13,15H,4,10-12H2,1-3H3,(H,19,20,21). The summed E-state index contributed by atoms with van der Waals surface area (Å²) < 4.78 is 0. The van der Waals surface area contributed by atoms with Gasteiger partial charge < -0.3 is 0 Å². The predicted octanol–water partition coefficient (Wildman–Crippen LogP) is 3.33. The third kappa shape index (κ3) is 3.52. The smallest absolute Gasteiger partial charge is 0.230 e. The average molecular weight is 287 g/mol. The zero-order valence-corrected chi connectivity index (χ0v) is 13.2. The van der Waals surface area contributed by atoms with E-state index in [1.807, 2.05) is 18.2 Å². The molecular formula is C18H25NO2. The van der Waals surface area contributed by atoms with Crippen molar-refractivity contribution in [2.24, 2.45) is 17.3 Å². The Morgan fingerprint density at radius 3 is 2.48 bits per heavy atom. The third-order valence-corrected chi connectivity index (χ3v) is 4.64. The quantitative estimate of drug-likeness (QED) is 0.844. The summed E-state index contributed by atoms with van der Waals surface area (Å²) in [5, 5.41) is 2.53. The average Bonchev–Trinajstić information content (AvgIpc) is 2.43. The van der Waals surface area contributed by atoms with E-state index in [9.17, 15) is 9.59 Å². The molecule has 0 bridgehead atoms. The molecular weight excluding hydrogens is 262 g/mol. The van der Waals surface area contributed by atoms with Crippen LogP contribution in [-0.4, -0.2) is 11.8 Å². The molecule has 2 amide bonds. The largest absolute Gasteiger partial charge is 0.296 e. The molecule has 21 heavy (non-hydrogen) atoms. The molecule has 0 saturated carbocycles. The van der Waals surface area contributed by atoms with Crippen molar-refractivity contribution in [3.8, 4) is 0 Å². The Morgan fingerprint density at radius 1 is 1.24 bits per heavy atom. The van der Waals surface area contributed by atoms with Gasteiger partial charge in [-0.2, -0.15) is 0 Å². The number of carbonyl (C=O) groups is 2.